The number of hydrogen-bond acceptors (Lipinski definition) is 5. The number of nitro benzene ring substituents is 1. The molecule has 10 heteroatoms. The van der Waals surface area contributed by atoms with Gasteiger partial charge >= 0.3 is 0 Å². The molecule has 0 saturated carbocycles. The third-order valence-corrected chi connectivity index (χ3v) is 6.74. The number of carbonyl (C=O) groups is 1. The van der Waals surface area contributed by atoms with Crippen LogP contribution in [0.3, 0.4) is 0 Å². The van der Waals surface area contributed by atoms with Crippen LogP contribution in [0, 0.1) is 10.1 Å². The molecule has 0 bridgehead atoms. The lowest BCUT2D eigenvalue weighted by Crippen LogP contribution is -2.50. The van der Waals surface area contributed by atoms with Crippen molar-refractivity contribution in [1.82, 2.24) is 9.21 Å². The van der Waals surface area contributed by atoms with Gasteiger partial charge in [0.25, 0.3) is 5.69 Å². The van der Waals surface area contributed by atoms with Crippen LogP contribution in [0.25, 0.3) is 0 Å². The van der Waals surface area contributed by atoms with Crippen LogP contribution in [0.15, 0.2) is 53.4 Å². The normalized spacial score (nSPS) is 15.4. The molecule has 2 aromatic carbocycles. The number of benzene rings is 2. The lowest BCUT2D eigenvalue weighted by Gasteiger charge is -2.34. The maximum atomic E-state index is 12.7. The van der Waals surface area contributed by atoms with E-state index in [0.29, 0.717) is 10.6 Å². The molecule has 1 aliphatic heterocycles. The fraction of sp³-hybridized carbons (Fsp3) is 0.278. The molecule has 0 aromatic heterocycles. The summed E-state index contributed by atoms with van der Waals surface area (Å²) in [5.74, 6) is -0.266. The smallest absolute Gasteiger partial charge is 0.273 e. The van der Waals surface area contributed by atoms with Gasteiger partial charge in [-0.2, -0.15) is 4.31 Å². The first kappa shape index (κ1) is 20.2. The molecule has 0 radical (unpaired) electrons. The summed E-state index contributed by atoms with van der Waals surface area (Å²) in [6.45, 7) is 0.778. The summed E-state index contributed by atoms with van der Waals surface area (Å²) in [7, 11) is -3.66. The molecule has 28 heavy (non-hydrogen) atoms. The van der Waals surface area contributed by atoms with E-state index in [1.807, 2.05) is 0 Å². The Balaban J connectivity index is 1.64. The van der Waals surface area contributed by atoms with E-state index in [1.54, 1.807) is 18.2 Å². The molecule has 148 valence electrons. The Kier molecular flexibility index (Phi) is 5.97. The predicted octanol–water partition coefficient (Wildman–Crippen LogP) is 2.32. The Morgan fingerprint density at radius 1 is 1.04 bits per heavy atom. The third kappa shape index (κ3) is 4.32. The van der Waals surface area contributed by atoms with Crippen LogP contribution < -0.4 is 0 Å². The largest absolute Gasteiger partial charge is 0.340 e. The van der Waals surface area contributed by atoms with Crippen LogP contribution in [-0.2, 0) is 21.2 Å². The summed E-state index contributed by atoms with van der Waals surface area (Å²) in [6.07, 6.45) is -0.0961. The number of halogens is 1. The standard InChI is InChI=1S/C18H18ClN3O5S/c19-15-5-7-16(8-6-15)28(26,27)21-11-9-20(10-12-21)18(23)13-14-3-1-2-4-17(14)22(24)25/h1-8H,9-13H2. The maximum Gasteiger partial charge on any atom is 0.273 e. The van der Waals surface area contributed by atoms with E-state index in [9.17, 15) is 23.3 Å². The number of para-hydroxylation sites is 1. The van der Waals surface area contributed by atoms with Crippen molar-refractivity contribution in [3.63, 3.8) is 0 Å². The van der Waals surface area contributed by atoms with Crippen molar-refractivity contribution in [3.8, 4) is 0 Å². The molecule has 0 aliphatic carbocycles. The second kappa shape index (κ2) is 8.26. The van der Waals surface area contributed by atoms with E-state index in [2.05, 4.69) is 0 Å². The molecule has 1 fully saturated rings. The minimum absolute atomic E-state index is 0.0961. The highest BCUT2D eigenvalue weighted by atomic mass is 35.5. The summed E-state index contributed by atoms with van der Waals surface area (Å²) < 4.78 is 26.7. The van der Waals surface area contributed by atoms with Gasteiger partial charge in [-0.25, -0.2) is 8.42 Å². The number of nitro groups is 1. The topological polar surface area (TPSA) is 101 Å². The van der Waals surface area contributed by atoms with Gasteiger partial charge in [0, 0.05) is 42.8 Å². The molecule has 8 nitrogen and oxygen atoms in total. The Morgan fingerprint density at radius 2 is 1.64 bits per heavy atom. The number of piperazine rings is 1. The lowest BCUT2D eigenvalue weighted by molar-refractivity contribution is -0.385. The highest BCUT2D eigenvalue weighted by Gasteiger charge is 2.30. The van der Waals surface area contributed by atoms with Gasteiger partial charge in [-0.15, -0.1) is 0 Å². The van der Waals surface area contributed by atoms with E-state index in [-0.39, 0.29) is 49.1 Å². The van der Waals surface area contributed by atoms with Crippen LogP contribution >= 0.6 is 11.6 Å². The Hall–Kier alpha value is -2.49. The molecule has 0 N–H and O–H groups in total. The number of amides is 1. The molecule has 1 amide bonds. The van der Waals surface area contributed by atoms with Gasteiger partial charge in [0.05, 0.1) is 16.2 Å². The molecule has 0 unspecified atom stereocenters. The van der Waals surface area contributed by atoms with Crippen LogP contribution in [0.1, 0.15) is 5.56 Å². The molecule has 1 aliphatic rings. The number of nitrogens with zero attached hydrogens (tertiary/aromatic N) is 3. The van der Waals surface area contributed by atoms with Gasteiger partial charge in [-0.05, 0) is 24.3 Å². The van der Waals surface area contributed by atoms with Gasteiger partial charge in [-0.3, -0.25) is 14.9 Å². The van der Waals surface area contributed by atoms with Crippen LogP contribution in [0.2, 0.25) is 5.02 Å². The number of sulfonamides is 1. The summed E-state index contributed by atoms with van der Waals surface area (Å²) >= 11 is 5.80. The zero-order valence-electron chi connectivity index (χ0n) is 14.8. The number of carbonyl (C=O) groups excluding carboxylic acids is 1. The van der Waals surface area contributed by atoms with Gasteiger partial charge in [0.2, 0.25) is 15.9 Å². The summed E-state index contributed by atoms with van der Waals surface area (Å²) in [5, 5.41) is 11.5. The fourth-order valence-corrected chi connectivity index (χ4v) is 4.59. The van der Waals surface area contributed by atoms with E-state index < -0.39 is 14.9 Å². The molecule has 0 atom stereocenters. The Morgan fingerprint density at radius 3 is 2.25 bits per heavy atom. The van der Waals surface area contributed by atoms with Gasteiger partial charge in [0.15, 0.2) is 0 Å². The third-order valence-electron chi connectivity index (χ3n) is 4.57. The molecular weight excluding hydrogens is 406 g/mol. The summed E-state index contributed by atoms with van der Waals surface area (Å²) in [5.41, 5.74) is 0.244. The van der Waals surface area contributed by atoms with Gasteiger partial charge < -0.3 is 4.90 Å². The first-order valence-corrected chi connectivity index (χ1v) is 10.4. The first-order valence-electron chi connectivity index (χ1n) is 8.55. The highest BCUT2D eigenvalue weighted by Crippen LogP contribution is 2.22. The van der Waals surface area contributed by atoms with E-state index >= 15 is 0 Å². The van der Waals surface area contributed by atoms with Crippen LogP contribution in [-0.4, -0.2) is 54.6 Å². The van der Waals surface area contributed by atoms with Crippen molar-refractivity contribution in [2.45, 2.75) is 11.3 Å². The highest BCUT2D eigenvalue weighted by molar-refractivity contribution is 7.89. The van der Waals surface area contributed by atoms with Crippen molar-refractivity contribution in [3.05, 3.63) is 69.2 Å². The quantitative estimate of drug-likeness (QED) is 0.542. The zero-order chi connectivity index (χ0) is 20.3. The minimum Gasteiger partial charge on any atom is -0.340 e. The number of hydrogen-bond donors (Lipinski definition) is 0. The van der Waals surface area contributed by atoms with Crippen LogP contribution in [0.4, 0.5) is 5.69 Å². The van der Waals surface area contributed by atoms with Gasteiger partial charge in [0.1, 0.15) is 0 Å². The minimum atomic E-state index is -3.66. The predicted molar refractivity (Wildman–Crippen MR) is 104 cm³/mol. The molecule has 1 heterocycles. The van der Waals surface area contributed by atoms with Gasteiger partial charge in [-0.1, -0.05) is 29.8 Å². The Bertz CT molecular complexity index is 987. The van der Waals surface area contributed by atoms with Crippen molar-refractivity contribution < 1.29 is 18.1 Å². The second-order valence-electron chi connectivity index (χ2n) is 6.30. The van der Waals surface area contributed by atoms with Crippen molar-refractivity contribution in [1.29, 1.82) is 0 Å². The lowest BCUT2D eigenvalue weighted by atomic mass is 10.1. The summed E-state index contributed by atoms with van der Waals surface area (Å²) in [6, 6.07) is 12.0. The van der Waals surface area contributed by atoms with E-state index in [0.717, 1.165) is 0 Å². The average molecular weight is 424 g/mol. The molecule has 2 aromatic rings. The molecule has 1 saturated heterocycles. The second-order valence-corrected chi connectivity index (χ2v) is 8.68. The Labute approximate surface area is 167 Å². The van der Waals surface area contributed by atoms with Crippen LogP contribution in [0.5, 0.6) is 0 Å². The van der Waals surface area contributed by atoms with E-state index in [4.69, 9.17) is 11.6 Å². The van der Waals surface area contributed by atoms with Crippen molar-refractivity contribution >= 4 is 33.2 Å². The average Bonchev–Trinajstić information content (AvgIpc) is 2.68. The number of rotatable bonds is 5. The summed E-state index contributed by atoms with van der Waals surface area (Å²) in [4.78, 5) is 24.8. The molecule has 0 spiro atoms. The van der Waals surface area contributed by atoms with Crippen molar-refractivity contribution in [2.24, 2.45) is 0 Å². The first-order chi connectivity index (χ1) is 13.3. The fourth-order valence-electron chi connectivity index (χ4n) is 3.05. The van der Waals surface area contributed by atoms with Crippen molar-refractivity contribution in [2.75, 3.05) is 26.2 Å². The van der Waals surface area contributed by atoms with E-state index in [1.165, 1.54) is 39.5 Å². The zero-order valence-corrected chi connectivity index (χ0v) is 16.4. The monoisotopic (exact) mass is 423 g/mol. The molecule has 3 rings (SSSR count). The molecular formula is C18H18ClN3O5S. The maximum absolute atomic E-state index is 12.7. The SMILES string of the molecule is O=C(Cc1ccccc1[N+](=O)[O-])N1CCN(S(=O)(=O)c2ccc(Cl)cc2)CC1.